The number of benzene rings is 1. The minimum Gasteiger partial charge on any atom is -0.469 e. The van der Waals surface area contributed by atoms with Crippen molar-refractivity contribution in [1.29, 1.82) is 0 Å². The molecule has 1 N–H and O–H groups in total. The number of anilines is 1. The second-order valence-electron chi connectivity index (χ2n) is 7.07. The van der Waals surface area contributed by atoms with E-state index >= 15 is 0 Å². The highest BCUT2D eigenvalue weighted by Crippen LogP contribution is 2.27. The van der Waals surface area contributed by atoms with Gasteiger partial charge in [-0.25, -0.2) is 4.90 Å². The van der Waals surface area contributed by atoms with E-state index in [1.807, 2.05) is 32.0 Å². The maximum absolute atomic E-state index is 12.9. The topological polar surface area (TPSA) is 68.1 Å². The highest BCUT2D eigenvalue weighted by atomic mass is 16.5. The van der Waals surface area contributed by atoms with Gasteiger partial charge in [-0.1, -0.05) is 12.1 Å². The normalized spacial score (nSPS) is 26.8. The Morgan fingerprint density at radius 3 is 2.52 bits per heavy atom. The van der Waals surface area contributed by atoms with Gasteiger partial charge in [0.2, 0.25) is 5.91 Å². The molecule has 134 valence electrons. The summed E-state index contributed by atoms with van der Waals surface area (Å²) in [6, 6.07) is 5.47. The molecule has 2 heterocycles. The van der Waals surface area contributed by atoms with Crippen LogP contribution in [0.15, 0.2) is 18.2 Å². The molecule has 0 radical (unpaired) electrons. The Hall–Kier alpha value is -2.21. The Balaban J connectivity index is 1.74. The first-order valence-corrected chi connectivity index (χ1v) is 8.79. The van der Waals surface area contributed by atoms with Gasteiger partial charge in [0.05, 0.1) is 38.2 Å². The molecule has 0 aliphatic carbocycles. The SMILES string of the molecule is COC(=O)C1CC[NH+]([C@@H]2CC(=O)N(c3cc(C)ccc3C)C2=O)CC1. The van der Waals surface area contributed by atoms with E-state index in [1.54, 1.807) is 0 Å². The Labute approximate surface area is 147 Å². The largest absolute Gasteiger partial charge is 0.469 e. The van der Waals surface area contributed by atoms with Crippen molar-refractivity contribution in [3.05, 3.63) is 29.3 Å². The van der Waals surface area contributed by atoms with Crippen LogP contribution >= 0.6 is 0 Å². The van der Waals surface area contributed by atoms with Crippen LogP contribution in [-0.2, 0) is 19.1 Å². The van der Waals surface area contributed by atoms with Crippen molar-refractivity contribution in [3.8, 4) is 0 Å². The molecule has 2 amide bonds. The molecule has 0 aromatic heterocycles. The Bertz CT molecular complexity index is 707. The van der Waals surface area contributed by atoms with Gasteiger partial charge in [-0.2, -0.15) is 0 Å². The molecule has 0 spiro atoms. The van der Waals surface area contributed by atoms with Gasteiger partial charge in [0, 0.05) is 12.8 Å². The molecule has 0 unspecified atom stereocenters. The summed E-state index contributed by atoms with van der Waals surface area (Å²) >= 11 is 0. The molecule has 2 fully saturated rings. The molecule has 2 aliphatic rings. The predicted octanol–water partition coefficient (Wildman–Crippen LogP) is 0.403. The summed E-state index contributed by atoms with van der Waals surface area (Å²) in [6.07, 6.45) is 1.64. The smallest absolute Gasteiger partial charge is 0.309 e. The number of ether oxygens (including phenoxy) is 1. The van der Waals surface area contributed by atoms with Crippen LogP contribution in [-0.4, -0.2) is 44.0 Å². The highest BCUT2D eigenvalue weighted by molar-refractivity contribution is 6.22. The van der Waals surface area contributed by atoms with Gasteiger partial charge in [0.25, 0.3) is 5.91 Å². The van der Waals surface area contributed by atoms with Crippen LogP contribution in [0.2, 0.25) is 0 Å². The van der Waals surface area contributed by atoms with Gasteiger partial charge in [0.1, 0.15) is 0 Å². The number of hydrogen-bond donors (Lipinski definition) is 1. The lowest BCUT2D eigenvalue weighted by Crippen LogP contribution is -3.17. The van der Waals surface area contributed by atoms with E-state index in [4.69, 9.17) is 4.74 Å². The van der Waals surface area contributed by atoms with Gasteiger partial charge in [-0.05, 0) is 31.0 Å². The van der Waals surface area contributed by atoms with E-state index in [9.17, 15) is 14.4 Å². The van der Waals surface area contributed by atoms with Gasteiger partial charge in [-0.15, -0.1) is 0 Å². The third-order valence-corrected chi connectivity index (χ3v) is 5.41. The van der Waals surface area contributed by atoms with Crippen molar-refractivity contribution < 1.29 is 24.0 Å². The summed E-state index contributed by atoms with van der Waals surface area (Å²) in [7, 11) is 1.41. The summed E-state index contributed by atoms with van der Waals surface area (Å²) in [5.41, 5.74) is 2.64. The van der Waals surface area contributed by atoms with Crippen LogP contribution in [0.5, 0.6) is 0 Å². The lowest BCUT2D eigenvalue weighted by Gasteiger charge is -2.31. The summed E-state index contributed by atoms with van der Waals surface area (Å²) in [5.74, 6) is -0.516. The van der Waals surface area contributed by atoms with Gasteiger partial charge < -0.3 is 9.64 Å². The summed E-state index contributed by atoms with van der Waals surface area (Å²) < 4.78 is 4.81. The zero-order valence-electron chi connectivity index (χ0n) is 15.0. The molecule has 2 saturated heterocycles. The van der Waals surface area contributed by atoms with E-state index in [0.29, 0.717) is 31.6 Å². The van der Waals surface area contributed by atoms with E-state index in [2.05, 4.69) is 0 Å². The Kier molecular flexibility index (Phi) is 4.90. The number of imide groups is 1. The Morgan fingerprint density at radius 1 is 1.20 bits per heavy atom. The second-order valence-corrected chi connectivity index (χ2v) is 7.07. The number of hydrogen-bond acceptors (Lipinski definition) is 4. The van der Waals surface area contributed by atoms with Crippen LogP contribution < -0.4 is 9.80 Å². The third-order valence-electron chi connectivity index (χ3n) is 5.41. The molecular weight excluding hydrogens is 320 g/mol. The predicted molar refractivity (Wildman–Crippen MR) is 92.3 cm³/mol. The average Bonchev–Trinajstić information content (AvgIpc) is 2.91. The number of amides is 2. The first-order chi connectivity index (χ1) is 11.9. The van der Waals surface area contributed by atoms with Crippen LogP contribution in [0.4, 0.5) is 5.69 Å². The highest BCUT2D eigenvalue weighted by Gasteiger charge is 2.47. The van der Waals surface area contributed by atoms with E-state index < -0.39 is 0 Å². The van der Waals surface area contributed by atoms with E-state index in [-0.39, 0.29) is 36.2 Å². The van der Waals surface area contributed by atoms with Crippen molar-refractivity contribution in [2.75, 3.05) is 25.1 Å². The molecule has 3 rings (SSSR count). The molecule has 1 aromatic carbocycles. The lowest BCUT2D eigenvalue weighted by molar-refractivity contribution is -0.920. The summed E-state index contributed by atoms with van der Waals surface area (Å²) in [6.45, 7) is 5.29. The summed E-state index contributed by atoms with van der Waals surface area (Å²) in [4.78, 5) is 39.6. The first-order valence-electron chi connectivity index (χ1n) is 8.79. The molecule has 6 heteroatoms. The number of methoxy groups -OCH3 is 1. The van der Waals surface area contributed by atoms with Gasteiger partial charge in [-0.3, -0.25) is 14.4 Å². The quantitative estimate of drug-likeness (QED) is 0.636. The van der Waals surface area contributed by atoms with Crippen molar-refractivity contribution in [3.63, 3.8) is 0 Å². The molecular formula is C19H25N2O4+. The van der Waals surface area contributed by atoms with Crippen LogP contribution in [0.3, 0.4) is 0 Å². The first kappa shape index (κ1) is 17.6. The Morgan fingerprint density at radius 2 is 1.88 bits per heavy atom. The van der Waals surface area contributed by atoms with Crippen LogP contribution in [0, 0.1) is 19.8 Å². The number of esters is 1. The van der Waals surface area contributed by atoms with Gasteiger partial charge >= 0.3 is 5.97 Å². The number of carbonyl (C=O) groups is 3. The third kappa shape index (κ3) is 3.31. The lowest BCUT2D eigenvalue weighted by atomic mass is 9.95. The fraction of sp³-hybridized carbons (Fsp3) is 0.526. The van der Waals surface area contributed by atoms with Crippen molar-refractivity contribution in [2.24, 2.45) is 5.92 Å². The summed E-state index contributed by atoms with van der Waals surface area (Å²) in [5, 5.41) is 0. The number of quaternary nitrogens is 1. The average molecular weight is 345 g/mol. The molecule has 2 aliphatic heterocycles. The minimum absolute atomic E-state index is 0.0870. The van der Waals surface area contributed by atoms with E-state index in [0.717, 1.165) is 16.0 Å². The number of nitrogens with zero attached hydrogens (tertiary/aromatic N) is 1. The number of carbonyl (C=O) groups excluding carboxylic acids is 3. The zero-order chi connectivity index (χ0) is 18.1. The maximum atomic E-state index is 12.9. The van der Waals surface area contributed by atoms with Crippen LogP contribution in [0.1, 0.15) is 30.4 Å². The van der Waals surface area contributed by atoms with Crippen molar-refractivity contribution >= 4 is 23.5 Å². The molecule has 0 saturated carbocycles. The zero-order valence-corrected chi connectivity index (χ0v) is 15.0. The second kappa shape index (κ2) is 6.96. The molecule has 6 nitrogen and oxygen atoms in total. The molecule has 25 heavy (non-hydrogen) atoms. The number of rotatable bonds is 3. The number of piperidine rings is 1. The maximum Gasteiger partial charge on any atom is 0.309 e. The van der Waals surface area contributed by atoms with Gasteiger partial charge in [0.15, 0.2) is 6.04 Å². The minimum atomic E-state index is -0.342. The standard InChI is InChI=1S/C19H24N2O4/c1-12-4-5-13(2)15(10-12)21-17(22)11-16(18(21)23)20-8-6-14(7-9-20)19(24)25-3/h4-5,10,14,16H,6-9,11H2,1-3H3/p+1/t16-/m1/s1. The fourth-order valence-electron chi connectivity index (χ4n) is 3.90. The monoisotopic (exact) mass is 345 g/mol. The van der Waals surface area contributed by atoms with E-state index in [1.165, 1.54) is 12.0 Å². The number of aryl methyl sites for hydroxylation is 2. The van der Waals surface area contributed by atoms with Crippen molar-refractivity contribution in [2.45, 2.75) is 39.2 Å². The van der Waals surface area contributed by atoms with Crippen LogP contribution in [0.25, 0.3) is 0 Å². The van der Waals surface area contributed by atoms with Crippen molar-refractivity contribution in [1.82, 2.24) is 0 Å². The fourth-order valence-corrected chi connectivity index (χ4v) is 3.90. The molecule has 1 aromatic rings. The molecule has 0 bridgehead atoms. The molecule has 1 atom stereocenters. The number of likely N-dealkylation sites (tertiary alicyclic amines) is 1. The number of nitrogens with one attached hydrogen (secondary N) is 1.